The SMILES string of the molecule is Cc1nn(CCCNC(=O)c2cccc(Br)c2)c(C)c1Cl. The second kappa shape index (κ2) is 7.09. The lowest BCUT2D eigenvalue weighted by Gasteiger charge is -2.07. The van der Waals surface area contributed by atoms with Gasteiger partial charge in [0.05, 0.1) is 16.4 Å². The lowest BCUT2D eigenvalue weighted by molar-refractivity contribution is 0.0952. The predicted molar refractivity (Wildman–Crippen MR) is 87.8 cm³/mol. The van der Waals surface area contributed by atoms with Crippen molar-refractivity contribution in [2.45, 2.75) is 26.8 Å². The largest absolute Gasteiger partial charge is 0.352 e. The smallest absolute Gasteiger partial charge is 0.251 e. The van der Waals surface area contributed by atoms with Crippen LogP contribution in [0.25, 0.3) is 0 Å². The van der Waals surface area contributed by atoms with E-state index in [2.05, 4.69) is 26.3 Å². The third-order valence-electron chi connectivity index (χ3n) is 3.21. The number of aromatic nitrogens is 2. The summed E-state index contributed by atoms with van der Waals surface area (Å²) in [6.07, 6.45) is 0.804. The Bertz CT molecular complexity index is 654. The van der Waals surface area contributed by atoms with Gasteiger partial charge in [0.15, 0.2) is 0 Å². The van der Waals surface area contributed by atoms with E-state index in [-0.39, 0.29) is 5.91 Å². The zero-order chi connectivity index (χ0) is 15.4. The van der Waals surface area contributed by atoms with Gasteiger partial charge in [-0.1, -0.05) is 33.6 Å². The molecule has 1 aromatic heterocycles. The molecule has 1 amide bonds. The molecule has 0 saturated heterocycles. The van der Waals surface area contributed by atoms with Crippen LogP contribution in [-0.2, 0) is 6.54 Å². The number of aryl methyl sites for hydroxylation is 2. The standard InChI is InChI=1S/C15H17BrClN3O/c1-10-14(17)11(2)20(19-10)8-4-7-18-15(21)12-5-3-6-13(16)9-12/h3,5-6,9H,4,7-8H2,1-2H3,(H,18,21). The van der Waals surface area contributed by atoms with Gasteiger partial charge in [0.25, 0.3) is 5.91 Å². The van der Waals surface area contributed by atoms with E-state index in [0.717, 1.165) is 28.8 Å². The second-order valence-electron chi connectivity index (χ2n) is 4.83. The lowest BCUT2D eigenvalue weighted by Crippen LogP contribution is -2.25. The number of rotatable bonds is 5. The Morgan fingerprint density at radius 1 is 1.43 bits per heavy atom. The van der Waals surface area contributed by atoms with E-state index in [9.17, 15) is 4.79 Å². The Balaban J connectivity index is 1.82. The van der Waals surface area contributed by atoms with Crippen LogP contribution in [0.1, 0.15) is 28.2 Å². The number of halogens is 2. The molecule has 0 spiro atoms. The molecule has 0 aliphatic carbocycles. The number of carbonyl (C=O) groups is 1. The van der Waals surface area contributed by atoms with E-state index in [1.807, 2.05) is 30.7 Å². The van der Waals surface area contributed by atoms with Crippen molar-refractivity contribution in [1.82, 2.24) is 15.1 Å². The molecule has 0 bridgehead atoms. The molecule has 0 fully saturated rings. The molecule has 0 saturated carbocycles. The van der Waals surface area contributed by atoms with Crippen LogP contribution in [0.15, 0.2) is 28.7 Å². The predicted octanol–water partition coefficient (Wildman–Crippen LogP) is 3.74. The van der Waals surface area contributed by atoms with Gasteiger partial charge in [-0.3, -0.25) is 9.48 Å². The van der Waals surface area contributed by atoms with Crippen LogP contribution in [0, 0.1) is 13.8 Å². The monoisotopic (exact) mass is 369 g/mol. The summed E-state index contributed by atoms with van der Waals surface area (Å²) < 4.78 is 2.77. The van der Waals surface area contributed by atoms with Gasteiger partial charge in [0.2, 0.25) is 0 Å². The molecule has 1 heterocycles. The van der Waals surface area contributed by atoms with Gasteiger partial charge >= 0.3 is 0 Å². The maximum atomic E-state index is 12.0. The van der Waals surface area contributed by atoms with Crippen LogP contribution in [0.4, 0.5) is 0 Å². The Labute approximate surface area is 137 Å². The van der Waals surface area contributed by atoms with Crippen LogP contribution < -0.4 is 5.32 Å². The van der Waals surface area contributed by atoms with Crippen molar-refractivity contribution < 1.29 is 4.79 Å². The maximum Gasteiger partial charge on any atom is 0.251 e. The third kappa shape index (κ3) is 4.08. The van der Waals surface area contributed by atoms with E-state index < -0.39 is 0 Å². The number of carbonyl (C=O) groups excluding carboxylic acids is 1. The molecule has 0 aliphatic rings. The van der Waals surface area contributed by atoms with Crippen molar-refractivity contribution in [3.63, 3.8) is 0 Å². The third-order valence-corrected chi connectivity index (χ3v) is 4.25. The summed E-state index contributed by atoms with van der Waals surface area (Å²) in [6, 6.07) is 7.33. The van der Waals surface area contributed by atoms with E-state index in [0.29, 0.717) is 17.1 Å². The molecule has 0 atom stereocenters. The zero-order valence-corrected chi connectivity index (χ0v) is 14.3. The quantitative estimate of drug-likeness (QED) is 0.815. The summed E-state index contributed by atoms with van der Waals surface area (Å²) in [4.78, 5) is 12.0. The van der Waals surface area contributed by atoms with E-state index in [1.165, 1.54) is 0 Å². The fraction of sp³-hybridized carbons (Fsp3) is 0.333. The lowest BCUT2D eigenvalue weighted by atomic mass is 10.2. The van der Waals surface area contributed by atoms with Crippen molar-refractivity contribution in [3.8, 4) is 0 Å². The summed E-state index contributed by atoms with van der Waals surface area (Å²) >= 11 is 9.45. The van der Waals surface area contributed by atoms with Gasteiger partial charge in [0, 0.05) is 23.1 Å². The highest BCUT2D eigenvalue weighted by molar-refractivity contribution is 9.10. The Kier molecular flexibility index (Phi) is 5.42. The van der Waals surface area contributed by atoms with Crippen molar-refractivity contribution >= 4 is 33.4 Å². The molecule has 2 rings (SSSR count). The van der Waals surface area contributed by atoms with Gasteiger partial charge in [-0.15, -0.1) is 0 Å². The highest BCUT2D eigenvalue weighted by atomic mass is 79.9. The molecule has 2 aromatic rings. The summed E-state index contributed by atoms with van der Waals surface area (Å²) in [7, 11) is 0. The first-order valence-corrected chi connectivity index (χ1v) is 7.89. The molecule has 0 radical (unpaired) electrons. The first-order valence-electron chi connectivity index (χ1n) is 6.72. The van der Waals surface area contributed by atoms with E-state index in [1.54, 1.807) is 12.1 Å². The van der Waals surface area contributed by atoms with Crippen LogP contribution >= 0.6 is 27.5 Å². The summed E-state index contributed by atoms with van der Waals surface area (Å²) in [5, 5.41) is 7.98. The van der Waals surface area contributed by atoms with Crippen LogP contribution in [-0.4, -0.2) is 22.2 Å². The van der Waals surface area contributed by atoms with Gasteiger partial charge in [-0.05, 0) is 38.5 Å². The van der Waals surface area contributed by atoms with Crippen LogP contribution in [0.2, 0.25) is 5.02 Å². The van der Waals surface area contributed by atoms with Gasteiger partial charge in [0.1, 0.15) is 0 Å². The Morgan fingerprint density at radius 2 is 2.19 bits per heavy atom. The second-order valence-corrected chi connectivity index (χ2v) is 6.12. The van der Waals surface area contributed by atoms with Crippen molar-refractivity contribution in [1.29, 1.82) is 0 Å². The molecule has 1 aromatic carbocycles. The van der Waals surface area contributed by atoms with Gasteiger partial charge in [-0.2, -0.15) is 5.10 Å². The normalized spacial score (nSPS) is 10.7. The molecular weight excluding hydrogens is 354 g/mol. The van der Waals surface area contributed by atoms with Crippen LogP contribution in [0.3, 0.4) is 0 Å². The number of amides is 1. The summed E-state index contributed by atoms with van der Waals surface area (Å²) in [6.45, 7) is 5.17. The van der Waals surface area contributed by atoms with Crippen molar-refractivity contribution in [3.05, 3.63) is 50.7 Å². The Hall–Kier alpha value is -1.33. The first kappa shape index (κ1) is 16.0. The topological polar surface area (TPSA) is 46.9 Å². The van der Waals surface area contributed by atoms with Crippen molar-refractivity contribution in [2.24, 2.45) is 0 Å². The molecular formula is C15H17BrClN3O. The molecule has 112 valence electrons. The number of nitrogens with zero attached hydrogens (tertiary/aromatic N) is 2. The molecule has 1 N–H and O–H groups in total. The highest BCUT2D eigenvalue weighted by Gasteiger charge is 2.09. The van der Waals surface area contributed by atoms with Gasteiger partial charge in [-0.25, -0.2) is 0 Å². The number of hydrogen-bond donors (Lipinski definition) is 1. The summed E-state index contributed by atoms with van der Waals surface area (Å²) in [5.41, 5.74) is 2.46. The minimum absolute atomic E-state index is 0.0669. The average molecular weight is 371 g/mol. The Morgan fingerprint density at radius 3 is 2.81 bits per heavy atom. The molecule has 0 aliphatic heterocycles. The minimum Gasteiger partial charge on any atom is -0.352 e. The van der Waals surface area contributed by atoms with Crippen molar-refractivity contribution in [2.75, 3.05) is 6.54 Å². The zero-order valence-electron chi connectivity index (χ0n) is 12.0. The summed E-state index contributed by atoms with van der Waals surface area (Å²) in [5.74, 6) is -0.0669. The average Bonchev–Trinajstić information content (AvgIpc) is 2.71. The van der Waals surface area contributed by atoms with E-state index in [4.69, 9.17) is 11.6 Å². The number of benzene rings is 1. The molecule has 4 nitrogen and oxygen atoms in total. The van der Waals surface area contributed by atoms with Crippen LogP contribution in [0.5, 0.6) is 0 Å². The highest BCUT2D eigenvalue weighted by Crippen LogP contribution is 2.18. The maximum absolute atomic E-state index is 12.0. The fourth-order valence-electron chi connectivity index (χ4n) is 2.06. The first-order chi connectivity index (χ1) is 9.99. The number of nitrogens with one attached hydrogen (secondary N) is 1. The molecule has 21 heavy (non-hydrogen) atoms. The van der Waals surface area contributed by atoms with E-state index >= 15 is 0 Å². The van der Waals surface area contributed by atoms with Gasteiger partial charge < -0.3 is 5.32 Å². The molecule has 6 heteroatoms. The fourth-order valence-corrected chi connectivity index (χ4v) is 2.59. The number of hydrogen-bond acceptors (Lipinski definition) is 2. The minimum atomic E-state index is -0.0669. The molecule has 0 unspecified atom stereocenters.